The fraction of sp³-hybridized carbons (Fsp3) is 0.450. The van der Waals surface area contributed by atoms with Crippen LogP contribution in [0.25, 0.3) is 0 Å². The average molecular weight is 406 g/mol. The standard InChI is InChI=1S/C20H27N3O4S/c1-12-8-16-17(10-20(3,4)11-18(16)27-12)23-19(24)22-13(2)14-6-5-7-15(9-14)28(21,25)26/h5-9,13,17H,10-11H2,1-4H3,(H2,21,25,26)(H2,22,23,24)/t13-,17+/m0/s1. The number of nitrogens with one attached hydrogen (secondary N) is 2. The van der Waals surface area contributed by atoms with E-state index in [0.717, 1.165) is 29.9 Å². The van der Waals surface area contributed by atoms with Gasteiger partial charge in [0, 0.05) is 12.0 Å². The van der Waals surface area contributed by atoms with E-state index in [1.54, 1.807) is 19.1 Å². The summed E-state index contributed by atoms with van der Waals surface area (Å²) in [5, 5.41) is 11.1. The van der Waals surface area contributed by atoms with Crippen LogP contribution >= 0.6 is 0 Å². The molecule has 2 amide bonds. The zero-order valence-corrected chi connectivity index (χ0v) is 17.4. The van der Waals surface area contributed by atoms with Gasteiger partial charge in [0.05, 0.1) is 17.0 Å². The van der Waals surface area contributed by atoms with Crippen LogP contribution in [0.5, 0.6) is 0 Å². The van der Waals surface area contributed by atoms with E-state index >= 15 is 0 Å². The van der Waals surface area contributed by atoms with Gasteiger partial charge >= 0.3 is 6.03 Å². The molecule has 2 atom stereocenters. The summed E-state index contributed by atoms with van der Waals surface area (Å²) < 4.78 is 28.9. The van der Waals surface area contributed by atoms with Gasteiger partial charge in [-0.25, -0.2) is 18.4 Å². The van der Waals surface area contributed by atoms with Crippen LogP contribution in [0.2, 0.25) is 0 Å². The number of aryl methyl sites for hydroxylation is 1. The number of carbonyl (C=O) groups excluding carboxylic acids is 1. The van der Waals surface area contributed by atoms with E-state index in [1.165, 1.54) is 12.1 Å². The number of carbonyl (C=O) groups is 1. The van der Waals surface area contributed by atoms with Crippen LogP contribution in [0.15, 0.2) is 39.6 Å². The van der Waals surface area contributed by atoms with Crippen molar-refractivity contribution >= 4 is 16.1 Å². The van der Waals surface area contributed by atoms with Crippen molar-refractivity contribution in [3.8, 4) is 0 Å². The van der Waals surface area contributed by atoms with Gasteiger partial charge in [0.25, 0.3) is 0 Å². The minimum absolute atomic E-state index is 0.0185. The molecule has 2 aromatic rings. The molecule has 1 aromatic carbocycles. The summed E-state index contributed by atoms with van der Waals surface area (Å²) in [6, 6.07) is 7.40. The largest absolute Gasteiger partial charge is 0.466 e. The Kier molecular flexibility index (Phi) is 5.29. The minimum Gasteiger partial charge on any atom is -0.466 e. The normalized spacial score (nSPS) is 19.5. The second-order valence-corrected chi connectivity index (χ2v) is 9.85. The molecule has 1 aliphatic carbocycles. The van der Waals surface area contributed by atoms with Gasteiger partial charge in [-0.3, -0.25) is 0 Å². The van der Waals surface area contributed by atoms with Crippen molar-refractivity contribution in [1.82, 2.24) is 10.6 Å². The molecule has 1 aliphatic rings. The fourth-order valence-electron chi connectivity index (χ4n) is 3.75. The first-order valence-corrected chi connectivity index (χ1v) is 10.8. The monoisotopic (exact) mass is 405 g/mol. The SMILES string of the molecule is Cc1cc2c(o1)CC(C)(C)C[C@H]2NC(=O)N[C@@H](C)c1cccc(S(N)(=O)=O)c1. The van der Waals surface area contributed by atoms with Gasteiger partial charge in [0.15, 0.2) is 0 Å². The number of rotatable bonds is 4. The summed E-state index contributed by atoms with van der Waals surface area (Å²) in [7, 11) is -3.79. The number of benzene rings is 1. The Morgan fingerprint density at radius 2 is 2.04 bits per heavy atom. The Hall–Kier alpha value is -2.32. The predicted molar refractivity (Wildman–Crippen MR) is 106 cm³/mol. The highest BCUT2D eigenvalue weighted by molar-refractivity contribution is 7.89. The first-order chi connectivity index (χ1) is 12.9. The Morgan fingerprint density at radius 1 is 1.32 bits per heavy atom. The molecule has 0 spiro atoms. The predicted octanol–water partition coefficient (Wildman–Crippen LogP) is 3.31. The van der Waals surface area contributed by atoms with Crippen molar-refractivity contribution in [3.63, 3.8) is 0 Å². The molecule has 0 radical (unpaired) electrons. The van der Waals surface area contributed by atoms with E-state index in [1.807, 2.05) is 13.0 Å². The van der Waals surface area contributed by atoms with Crippen molar-refractivity contribution in [2.24, 2.45) is 10.6 Å². The molecule has 152 valence electrons. The van der Waals surface area contributed by atoms with Gasteiger partial charge in [-0.05, 0) is 49.4 Å². The Morgan fingerprint density at radius 3 is 2.71 bits per heavy atom. The van der Waals surface area contributed by atoms with Crippen molar-refractivity contribution < 1.29 is 17.6 Å². The molecule has 0 aliphatic heterocycles. The van der Waals surface area contributed by atoms with Crippen molar-refractivity contribution in [2.45, 2.75) is 57.5 Å². The van der Waals surface area contributed by atoms with Crippen LogP contribution in [-0.4, -0.2) is 14.4 Å². The zero-order valence-electron chi connectivity index (χ0n) is 16.6. The average Bonchev–Trinajstić information content (AvgIpc) is 2.93. The number of furan rings is 1. The van der Waals surface area contributed by atoms with Gasteiger partial charge in [0.2, 0.25) is 10.0 Å². The maximum atomic E-state index is 12.6. The molecule has 0 bridgehead atoms. The zero-order chi connectivity index (χ0) is 20.7. The lowest BCUT2D eigenvalue weighted by Crippen LogP contribution is -2.42. The molecule has 0 fully saturated rings. The highest BCUT2D eigenvalue weighted by Crippen LogP contribution is 2.42. The van der Waals surface area contributed by atoms with Crippen molar-refractivity contribution in [1.29, 1.82) is 0 Å². The molecule has 1 aromatic heterocycles. The minimum atomic E-state index is -3.79. The third kappa shape index (κ3) is 4.56. The van der Waals surface area contributed by atoms with E-state index in [-0.39, 0.29) is 28.4 Å². The molecule has 0 unspecified atom stereocenters. The third-order valence-corrected chi connectivity index (χ3v) is 5.99. The number of sulfonamides is 1. The van der Waals surface area contributed by atoms with E-state index in [0.29, 0.717) is 5.56 Å². The van der Waals surface area contributed by atoms with E-state index < -0.39 is 10.0 Å². The molecule has 3 rings (SSSR count). The lowest BCUT2D eigenvalue weighted by Gasteiger charge is -2.34. The first-order valence-electron chi connectivity index (χ1n) is 9.24. The number of primary sulfonamides is 1. The number of nitrogens with two attached hydrogens (primary N) is 1. The van der Waals surface area contributed by atoms with Crippen LogP contribution in [0.3, 0.4) is 0 Å². The van der Waals surface area contributed by atoms with Crippen LogP contribution in [0, 0.1) is 12.3 Å². The third-order valence-electron chi connectivity index (χ3n) is 5.08. The molecule has 0 saturated carbocycles. The summed E-state index contributed by atoms with van der Waals surface area (Å²) in [5.41, 5.74) is 1.70. The van der Waals surface area contributed by atoms with Crippen molar-refractivity contribution in [3.05, 3.63) is 53.0 Å². The number of amides is 2. The Balaban J connectivity index is 1.72. The van der Waals surface area contributed by atoms with E-state index in [4.69, 9.17) is 9.56 Å². The van der Waals surface area contributed by atoms with E-state index in [2.05, 4.69) is 24.5 Å². The number of hydrogen-bond donors (Lipinski definition) is 3. The Labute approximate surface area is 165 Å². The van der Waals surface area contributed by atoms with Gasteiger partial charge in [-0.15, -0.1) is 0 Å². The topological polar surface area (TPSA) is 114 Å². The van der Waals surface area contributed by atoms with Gasteiger partial charge in [-0.1, -0.05) is 26.0 Å². The second-order valence-electron chi connectivity index (χ2n) is 8.29. The smallest absolute Gasteiger partial charge is 0.315 e. The quantitative estimate of drug-likeness (QED) is 0.724. The maximum Gasteiger partial charge on any atom is 0.315 e. The van der Waals surface area contributed by atoms with Gasteiger partial charge in [0.1, 0.15) is 11.5 Å². The summed E-state index contributed by atoms with van der Waals surface area (Å²) >= 11 is 0. The highest BCUT2D eigenvalue weighted by Gasteiger charge is 2.35. The molecular weight excluding hydrogens is 378 g/mol. The highest BCUT2D eigenvalue weighted by atomic mass is 32.2. The first kappa shape index (κ1) is 20.4. The summed E-state index contributed by atoms with van der Waals surface area (Å²) in [4.78, 5) is 12.6. The lowest BCUT2D eigenvalue weighted by molar-refractivity contribution is 0.212. The second kappa shape index (κ2) is 7.25. The van der Waals surface area contributed by atoms with Crippen LogP contribution in [0.1, 0.15) is 61.9 Å². The molecule has 0 saturated heterocycles. The van der Waals surface area contributed by atoms with Crippen LogP contribution in [-0.2, 0) is 16.4 Å². The molecular formula is C20H27N3O4S. The molecule has 8 heteroatoms. The molecule has 28 heavy (non-hydrogen) atoms. The summed E-state index contributed by atoms with van der Waals surface area (Å²) in [6.07, 6.45) is 1.65. The summed E-state index contributed by atoms with van der Waals surface area (Å²) in [5.74, 6) is 1.76. The van der Waals surface area contributed by atoms with Gasteiger partial charge in [-0.2, -0.15) is 0 Å². The number of fused-ring (bicyclic) bond motifs is 1. The Bertz CT molecular complexity index is 995. The number of hydrogen-bond acceptors (Lipinski definition) is 4. The molecule has 7 nitrogen and oxygen atoms in total. The fourth-order valence-corrected chi connectivity index (χ4v) is 4.32. The molecule has 4 N–H and O–H groups in total. The molecule has 1 heterocycles. The van der Waals surface area contributed by atoms with E-state index in [9.17, 15) is 13.2 Å². The van der Waals surface area contributed by atoms with Crippen LogP contribution < -0.4 is 15.8 Å². The van der Waals surface area contributed by atoms with Crippen molar-refractivity contribution in [2.75, 3.05) is 0 Å². The van der Waals surface area contributed by atoms with Gasteiger partial charge < -0.3 is 15.1 Å². The number of urea groups is 1. The maximum absolute atomic E-state index is 12.6. The van der Waals surface area contributed by atoms with Crippen LogP contribution in [0.4, 0.5) is 4.79 Å². The lowest BCUT2D eigenvalue weighted by atomic mass is 9.75. The summed E-state index contributed by atoms with van der Waals surface area (Å²) in [6.45, 7) is 8.01.